The van der Waals surface area contributed by atoms with E-state index >= 15 is 0 Å². The van der Waals surface area contributed by atoms with Gasteiger partial charge in [0.25, 0.3) is 0 Å². The topological polar surface area (TPSA) is 108 Å². The number of phosphoric acid groups is 1. The van der Waals surface area contributed by atoms with Crippen LogP contribution in [-0.2, 0) is 32.7 Å². The first kappa shape index (κ1) is 54.8. The van der Waals surface area contributed by atoms with Gasteiger partial charge in [-0.1, -0.05) is 180 Å². The summed E-state index contributed by atoms with van der Waals surface area (Å²) >= 11 is 0. The van der Waals surface area contributed by atoms with Gasteiger partial charge >= 0.3 is 19.8 Å². The lowest BCUT2D eigenvalue weighted by atomic mass is 10.0. The van der Waals surface area contributed by atoms with E-state index < -0.39 is 26.5 Å². The maximum atomic E-state index is 12.7. The predicted octanol–water partition coefficient (Wildman–Crippen LogP) is 13.4. The molecule has 2 unspecified atom stereocenters. The van der Waals surface area contributed by atoms with Crippen LogP contribution in [0.1, 0.15) is 219 Å². The third kappa shape index (κ3) is 42.4. The van der Waals surface area contributed by atoms with E-state index in [0.29, 0.717) is 23.9 Å². The summed E-state index contributed by atoms with van der Waals surface area (Å²) in [7, 11) is 1.48. The van der Waals surface area contributed by atoms with Crippen LogP contribution in [0.4, 0.5) is 0 Å². The first-order valence-electron chi connectivity index (χ1n) is 23.4. The first-order valence-corrected chi connectivity index (χ1v) is 24.9. The molecule has 0 aromatic heterocycles. The van der Waals surface area contributed by atoms with Crippen molar-refractivity contribution in [3.05, 3.63) is 12.2 Å². The smallest absolute Gasteiger partial charge is 0.462 e. The van der Waals surface area contributed by atoms with Gasteiger partial charge in [0.1, 0.15) is 19.8 Å². The van der Waals surface area contributed by atoms with Crippen molar-refractivity contribution >= 4 is 19.8 Å². The van der Waals surface area contributed by atoms with Crippen LogP contribution in [0.15, 0.2) is 12.2 Å². The average Bonchev–Trinajstić information content (AvgIpc) is 3.15. The number of likely N-dealkylation sites (N-methyl/N-ethyl adjacent to an activating group) is 1. The van der Waals surface area contributed by atoms with Crippen molar-refractivity contribution in [3.63, 3.8) is 0 Å². The van der Waals surface area contributed by atoms with E-state index in [9.17, 15) is 19.0 Å². The number of quaternary nitrogens is 1. The molecule has 1 N–H and O–H groups in total. The number of carbonyl (C=O) groups is 2. The Labute approximate surface area is 346 Å². The summed E-state index contributed by atoms with van der Waals surface area (Å²) in [4.78, 5) is 35.4. The number of phosphoric ester groups is 1. The summed E-state index contributed by atoms with van der Waals surface area (Å²) in [6.07, 6.45) is 41.2. The number of hydrogen-bond donors (Lipinski definition) is 1. The maximum absolute atomic E-state index is 12.7. The molecule has 0 saturated heterocycles. The third-order valence-corrected chi connectivity index (χ3v) is 11.3. The van der Waals surface area contributed by atoms with Gasteiger partial charge in [0.2, 0.25) is 0 Å². The van der Waals surface area contributed by atoms with Gasteiger partial charge in [-0.2, -0.15) is 0 Å². The number of rotatable bonds is 43. The van der Waals surface area contributed by atoms with Gasteiger partial charge in [-0.05, 0) is 38.5 Å². The van der Waals surface area contributed by atoms with Crippen molar-refractivity contribution in [3.8, 4) is 0 Å². The molecule has 0 aromatic carbocycles. The molecule has 0 aliphatic carbocycles. The van der Waals surface area contributed by atoms with E-state index in [1.165, 1.54) is 135 Å². The number of esters is 2. The highest BCUT2D eigenvalue weighted by atomic mass is 31.2. The van der Waals surface area contributed by atoms with Crippen LogP contribution < -0.4 is 0 Å². The lowest BCUT2D eigenvalue weighted by Crippen LogP contribution is -2.37. The Bertz CT molecular complexity index is 969. The second-order valence-corrected chi connectivity index (χ2v) is 18.6. The molecule has 0 spiro atoms. The monoisotopic (exact) mass is 817 g/mol. The molecule has 0 rings (SSSR count). The summed E-state index contributed by atoms with van der Waals surface area (Å²) in [5.74, 6) is -0.798. The highest BCUT2D eigenvalue weighted by molar-refractivity contribution is 7.47. The van der Waals surface area contributed by atoms with E-state index in [1.807, 2.05) is 21.1 Å². The molecule has 0 aliphatic rings. The molecular weight excluding hydrogens is 725 g/mol. The fraction of sp³-hybridized carbons (Fsp3) is 0.913. The van der Waals surface area contributed by atoms with E-state index in [4.69, 9.17) is 18.5 Å². The fourth-order valence-corrected chi connectivity index (χ4v) is 7.34. The molecular formula is C46H91NO8P+. The van der Waals surface area contributed by atoms with Crippen molar-refractivity contribution in [2.45, 2.75) is 225 Å². The minimum Gasteiger partial charge on any atom is -0.462 e. The summed E-state index contributed by atoms with van der Waals surface area (Å²) in [5, 5.41) is 0. The number of hydrogen-bond acceptors (Lipinski definition) is 7. The maximum Gasteiger partial charge on any atom is 0.472 e. The minimum atomic E-state index is -4.37. The second kappa shape index (κ2) is 39.2. The van der Waals surface area contributed by atoms with Gasteiger partial charge < -0.3 is 18.9 Å². The van der Waals surface area contributed by atoms with Gasteiger partial charge in [0, 0.05) is 12.8 Å². The lowest BCUT2D eigenvalue weighted by molar-refractivity contribution is -0.870. The van der Waals surface area contributed by atoms with Crippen LogP contribution in [0.3, 0.4) is 0 Å². The lowest BCUT2D eigenvalue weighted by Gasteiger charge is -2.24. The Morgan fingerprint density at radius 1 is 0.536 bits per heavy atom. The SMILES string of the molecule is CCCCC/C=C\CCCCCCCC(=O)OC(COC(=O)CCCCCCCCCCCCCCCCCCCCCC)COP(=O)(O)OCC[N+](C)(C)C. The van der Waals surface area contributed by atoms with Gasteiger partial charge in [0.15, 0.2) is 6.10 Å². The van der Waals surface area contributed by atoms with Crippen molar-refractivity contribution < 1.29 is 42.1 Å². The standard InChI is InChI=1S/C46H90NO8P/c1-6-8-10-12-14-16-18-20-21-22-23-24-25-26-27-29-30-32-34-36-38-45(48)52-42-44(43-54-56(50,51)53-41-40-47(3,4)5)55-46(49)39-37-35-33-31-28-19-17-15-13-11-9-7-2/h15,17,44H,6-14,16,18-43H2,1-5H3/p+1/b17-15-. The third-order valence-electron chi connectivity index (χ3n) is 10.3. The number of nitrogens with zero attached hydrogens (tertiary/aromatic N) is 1. The van der Waals surface area contributed by atoms with Crippen molar-refractivity contribution in [2.24, 2.45) is 0 Å². The largest absolute Gasteiger partial charge is 0.472 e. The summed E-state index contributed by atoms with van der Waals surface area (Å²) in [5.41, 5.74) is 0. The summed E-state index contributed by atoms with van der Waals surface area (Å²) < 4.78 is 34.3. The van der Waals surface area contributed by atoms with Gasteiger partial charge in [-0.25, -0.2) is 4.57 Å². The van der Waals surface area contributed by atoms with E-state index in [0.717, 1.165) is 51.4 Å². The zero-order valence-corrected chi connectivity index (χ0v) is 38.3. The molecule has 2 atom stereocenters. The predicted molar refractivity (Wildman–Crippen MR) is 234 cm³/mol. The van der Waals surface area contributed by atoms with Crippen LogP contribution in [0.2, 0.25) is 0 Å². The van der Waals surface area contributed by atoms with E-state index in [-0.39, 0.29) is 25.6 Å². The molecule has 0 bridgehead atoms. The van der Waals surface area contributed by atoms with Crippen molar-refractivity contribution in [1.29, 1.82) is 0 Å². The van der Waals surface area contributed by atoms with Crippen molar-refractivity contribution in [1.82, 2.24) is 0 Å². The second-order valence-electron chi connectivity index (χ2n) is 17.1. The van der Waals surface area contributed by atoms with Crippen molar-refractivity contribution in [2.75, 3.05) is 47.5 Å². The molecule has 0 aliphatic heterocycles. The Morgan fingerprint density at radius 2 is 0.911 bits per heavy atom. The Morgan fingerprint density at radius 3 is 1.36 bits per heavy atom. The Hall–Kier alpha value is -1.25. The highest BCUT2D eigenvalue weighted by Crippen LogP contribution is 2.43. The molecule has 0 saturated carbocycles. The van der Waals surface area contributed by atoms with E-state index in [2.05, 4.69) is 26.0 Å². The molecule has 10 heteroatoms. The number of unbranched alkanes of at least 4 members (excludes halogenated alkanes) is 27. The molecule has 9 nitrogen and oxygen atoms in total. The molecule has 332 valence electrons. The highest BCUT2D eigenvalue weighted by Gasteiger charge is 2.27. The number of ether oxygens (including phenoxy) is 2. The summed E-state index contributed by atoms with van der Waals surface area (Å²) in [6.45, 7) is 4.42. The Kier molecular flexibility index (Phi) is 38.3. The molecule has 0 aromatic rings. The van der Waals surface area contributed by atoms with Crippen LogP contribution in [0, 0.1) is 0 Å². The van der Waals surface area contributed by atoms with Crippen LogP contribution in [-0.4, -0.2) is 74.9 Å². The molecule has 0 heterocycles. The normalized spacial score (nSPS) is 13.6. The molecule has 0 fully saturated rings. The van der Waals surface area contributed by atoms with Gasteiger partial charge in [-0.15, -0.1) is 0 Å². The first-order chi connectivity index (χ1) is 27.0. The minimum absolute atomic E-state index is 0.0332. The van der Waals surface area contributed by atoms with Crippen LogP contribution >= 0.6 is 7.82 Å². The van der Waals surface area contributed by atoms with Crippen LogP contribution in [0.5, 0.6) is 0 Å². The molecule has 0 amide bonds. The fourth-order valence-electron chi connectivity index (χ4n) is 6.60. The average molecular weight is 817 g/mol. The van der Waals surface area contributed by atoms with Gasteiger partial charge in [0.05, 0.1) is 27.7 Å². The Balaban J connectivity index is 4.22. The van der Waals surface area contributed by atoms with Crippen LogP contribution in [0.25, 0.3) is 0 Å². The number of carbonyl (C=O) groups excluding carboxylic acids is 2. The summed E-state index contributed by atoms with van der Waals surface area (Å²) in [6, 6.07) is 0. The number of allylic oxidation sites excluding steroid dienone is 2. The quantitative estimate of drug-likeness (QED) is 0.0213. The zero-order valence-electron chi connectivity index (χ0n) is 37.4. The van der Waals surface area contributed by atoms with E-state index in [1.54, 1.807) is 0 Å². The molecule has 56 heavy (non-hydrogen) atoms. The molecule has 0 radical (unpaired) electrons. The van der Waals surface area contributed by atoms with Gasteiger partial charge in [-0.3, -0.25) is 18.6 Å². The zero-order chi connectivity index (χ0) is 41.4.